The van der Waals surface area contributed by atoms with Gasteiger partial charge in [0.1, 0.15) is 22.3 Å². The van der Waals surface area contributed by atoms with Crippen molar-refractivity contribution in [1.82, 2.24) is 4.98 Å². The largest absolute Gasteiger partial charge is 0.494 e. The summed E-state index contributed by atoms with van der Waals surface area (Å²) < 4.78 is 44.5. The minimum Gasteiger partial charge on any atom is -0.494 e. The summed E-state index contributed by atoms with van der Waals surface area (Å²) in [5, 5.41) is 0. The SMILES string of the molecule is COc1cc(F)ccc1NS(=O)(=O)c1ccc(N)nc1. The molecule has 0 fully saturated rings. The molecule has 8 heteroatoms. The molecule has 20 heavy (non-hydrogen) atoms. The number of rotatable bonds is 4. The van der Waals surface area contributed by atoms with Crippen LogP contribution in [-0.2, 0) is 10.0 Å². The highest BCUT2D eigenvalue weighted by atomic mass is 32.2. The van der Waals surface area contributed by atoms with Gasteiger partial charge in [0, 0.05) is 12.3 Å². The van der Waals surface area contributed by atoms with Crippen LogP contribution >= 0.6 is 0 Å². The average Bonchev–Trinajstić information content (AvgIpc) is 2.41. The summed E-state index contributed by atoms with van der Waals surface area (Å²) in [4.78, 5) is 3.65. The summed E-state index contributed by atoms with van der Waals surface area (Å²) in [5.41, 5.74) is 5.53. The standard InChI is InChI=1S/C12H12FN3O3S/c1-19-11-6-8(13)2-4-10(11)16-20(17,18)9-3-5-12(14)15-7-9/h2-7,16H,1H3,(H2,14,15). The lowest BCUT2D eigenvalue weighted by Crippen LogP contribution is -2.14. The molecule has 1 heterocycles. The predicted octanol–water partition coefficient (Wildman–Crippen LogP) is 1.61. The number of hydrogen-bond donors (Lipinski definition) is 2. The van der Waals surface area contributed by atoms with Gasteiger partial charge in [-0.2, -0.15) is 0 Å². The highest BCUT2D eigenvalue weighted by molar-refractivity contribution is 7.92. The number of anilines is 2. The third-order valence-electron chi connectivity index (χ3n) is 2.48. The van der Waals surface area contributed by atoms with E-state index in [-0.39, 0.29) is 22.2 Å². The molecule has 2 aromatic rings. The number of halogens is 1. The molecule has 0 spiro atoms. The van der Waals surface area contributed by atoms with Gasteiger partial charge in [-0.1, -0.05) is 0 Å². The van der Waals surface area contributed by atoms with Crippen molar-refractivity contribution in [3.8, 4) is 5.75 Å². The second-order valence-electron chi connectivity index (χ2n) is 3.87. The van der Waals surface area contributed by atoms with Crippen molar-refractivity contribution in [2.45, 2.75) is 4.90 Å². The van der Waals surface area contributed by atoms with Crippen LogP contribution in [0.5, 0.6) is 5.75 Å². The summed E-state index contributed by atoms with van der Waals surface area (Å²) in [7, 11) is -2.53. The van der Waals surface area contributed by atoms with Crippen molar-refractivity contribution in [3.05, 3.63) is 42.3 Å². The summed E-state index contributed by atoms with van der Waals surface area (Å²) >= 11 is 0. The van der Waals surface area contributed by atoms with Gasteiger partial charge in [0.2, 0.25) is 0 Å². The lowest BCUT2D eigenvalue weighted by Gasteiger charge is -2.11. The molecule has 6 nitrogen and oxygen atoms in total. The molecule has 0 aliphatic carbocycles. The average molecular weight is 297 g/mol. The maximum atomic E-state index is 13.1. The molecule has 3 N–H and O–H groups in total. The van der Waals surface area contributed by atoms with Gasteiger partial charge in [0.15, 0.2) is 0 Å². The Kier molecular flexibility index (Phi) is 3.75. The van der Waals surface area contributed by atoms with Crippen molar-refractivity contribution in [3.63, 3.8) is 0 Å². The second kappa shape index (κ2) is 5.33. The number of methoxy groups -OCH3 is 1. The number of pyridine rings is 1. The minimum atomic E-state index is -3.85. The highest BCUT2D eigenvalue weighted by Crippen LogP contribution is 2.27. The maximum Gasteiger partial charge on any atom is 0.263 e. The van der Waals surface area contributed by atoms with Crippen LogP contribution in [0.4, 0.5) is 15.9 Å². The summed E-state index contributed by atoms with van der Waals surface area (Å²) in [6.45, 7) is 0. The van der Waals surface area contributed by atoms with Crippen LogP contribution in [0.25, 0.3) is 0 Å². The Morgan fingerprint density at radius 3 is 2.65 bits per heavy atom. The second-order valence-corrected chi connectivity index (χ2v) is 5.55. The van der Waals surface area contributed by atoms with Gasteiger partial charge in [-0.05, 0) is 24.3 Å². The van der Waals surface area contributed by atoms with E-state index in [0.717, 1.165) is 18.3 Å². The number of aromatic nitrogens is 1. The van der Waals surface area contributed by atoms with E-state index in [1.54, 1.807) is 0 Å². The lowest BCUT2D eigenvalue weighted by atomic mass is 10.3. The first-order valence-electron chi connectivity index (χ1n) is 5.50. The fourth-order valence-electron chi connectivity index (χ4n) is 1.50. The first kappa shape index (κ1) is 14.1. The maximum absolute atomic E-state index is 13.1. The van der Waals surface area contributed by atoms with Gasteiger partial charge >= 0.3 is 0 Å². The molecular weight excluding hydrogens is 285 g/mol. The number of nitrogen functional groups attached to an aromatic ring is 1. The fraction of sp³-hybridized carbons (Fsp3) is 0.0833. The van der Waals surface area contributed by atoms with Gasteiger partial charge in [-0.25, -0.2) is 17.8 Å². The summed E-state index contributed by atoms with van der Waals surface area (Å²) in [5.74, 6) is -0.237. The van der Waals surface area contributed by atoms with Crippen LogP contribution in [0.3, 0.4) is 0 Å². The monoisotopic (exact) mass is 297 g/mol. The summed E-state index contributed by atoms with van der Waals surface area (Å²) in [6, 6.07) is 6.17. The Hall–Kier alpha value is -2.35. The van der Waals surface area contributed by atoms with E-state index < -0.39 is 15.8 Å². The van der Waals surface area contributed by atoms with Crippen LogP contribution in [0.2, 0.25) is 0 Å². The van der Waals surface area contributed by atoms with E-state index >= 15 is 0 Å². The van der Waals surface area contributed by atoms with Crippen molar-refractivity contribution < 1.29 is 17.5 Å². The Balaban J connectivity index is 2.35. The molecule has 0 radical (unpaired) electrons. The number of benzene rings is 1. The normalized spacial score (nSPS) is 11.1. The van der Waals surface area contributed by atoms with E-state index in [0.29, 0.717) is 0 Å². The molecule has 2 rings (SSSR count). The van der Waals surface area contributed by atoms with Crippen molar-refractivity contribution >= 4 is 21.5 Å². The van der Waals surface area contributed by atoms with Gasteiger partial charge in [0.25, 0.3) is 10.0 Å². The van der Waals surface area contributed by atoms with Crippen molar-refractivity contribution in [2.24, 2.45) is 0 Å². The lowest BCUT2D eigenvalue weighted by molar-refractivity contribution is 0.413. The predicted molar refractivity (Wildman–Crippen MR) is 72.4 cm³/mol. The summed E-state index contributed by atoms with van der Waals surface area (Å²) in [6.07, 6.45) is 1.13. The van der Waals surface area contributed by atoms with E-state index in [9.17, 15) is 12.8 Å². The van der Waals surface area contributed by atoms with Crippen LogP contribution in [-0.4, -0.2) is 20.5 Å². The first-order chi connectivity index (χ1) is 9.42. The molecule has 0 saturated heterocycles. The van der Waals surface area contributed by atoms with E-state index in [1.165, 1.54) is 25.3 Å². The molecule has 1 aromatic carbocycles. The van der Waals surface area contributed by atoms with E-state index in [2.05, 4.69) is 9.71 Å². The molecule has 106 valence electrons. The minimum absolute atomic E-state index is 0.0573. The zero-order chi connectivity index (χ0) is 14.8. The topological polar surface area (TPSA) is 94.3 Å². The Bertz CT molecular complexity index is 717. The zero-order valence-electron chi connectivity index (χ0n) is 10.5. The third-order valence-corrected chi connectivity index (χ3v) is 3.83. The van der Waals surface area contributed by atoms with E-state index in [4.69, 9.17) is 10.5 Å². The number of nitrogens with zero attached hydrogens (tertiary/aromatic N) is 1. The number of nitrogens with one attached hydrogen (secondary N) is 1. The molecule has 0 saturated carbocycles. The quantitative estimate of drug-likeness (QED) is 0.894. The zero-order valence-corrected chi connectivity index (χ0v) is 11.3. The highest BCUT2D eigenvalue weighted by Gasteiger charge is 2.17. The molecule has 0 unspecified atom stereocenters. The number of nitrogens with two attached hydrogens (primary N) is 1. The van der Waals surface area contributed by atoms with Crippen molar-refractivity contribution in [2.75, 3.05) is 17.6 Å². The Morgan fingerprint density at radius 1 is 1.30 bits per heavy atom. The van der Waals surface area contributed by atoms with Gasteiger partial charge in [0.05, 0.1) is 12.8 Å². The molecule has 0 amide bonds. The number of hydrogen-bond acceptors (Lipinski definition) is 5. The molecule has 1 aromatic heterocycles. The molecule has 0 aliphatic rings. The number of ether oxygens (including phenoxy) is 1. The Labute approximate surface area is 115 Å². The molecular formula is C12H12FN3O3S. The molecule has 0 bridgehead atoms. The Morgan fingerprint density at radius 2 is 2.05 bits per heavy atom. The molecule has 0 aliphatic heterocycles. The smallest absolute Gasteiger partial charge is 0.263 e. The number of sulfonamides is 1. The third kappa shape index (κ3) is 2.97. The fourth-order valence-corrected chi connectivity index (χ4v) is 2.52. The van der Waals surface area contributed by atoms with Gasteiger partial charge < -0.3 is 10.5 Å². The van der Waals surface area contributed by atoms with Crippen LogP contribution in [0.1, 0.15) is 0 Å². The van der Waals surface area contributed by atoms with Crippen LogP contribution < -0.4 is 15.2 Å². The van der Waals surface area contributed by atoms with Crippen LogP contribution in [0.15, 0.2) is 41.4 Å². The van der Waals surface area contributed by atoms with E-state index in [1.807, 2.05) is 0 Å². The van der Waals surface area contributed by atoms with Crippen LogP contribution in [0, 0.1) is 5.82 Å². The first-order valence-corrected chi connectivity index (χ1v) is 6.98. The molecule has 0 atom stereocenters. The van der Waals surface area contributed by atoms with Gasteiger partial charge in [-0.3, -0.25) is 4.72 Å². The van der Waals surface area contributed by atoms with Gasteiger partial charge in [-0.15, -0.1) is 0 Å². The van der Waals surface area contributed by atoms with Crippen molar-refractivity contribution in [1.29, 1.82) is 0 Å².